The number of carbonyl (C=O) groups is 3. The molecule has 3 fully saturated rings. The van der Waals surface area contributed by atoms with Gasteiger partial charge >= 0.3 is 6.09 Å². The van der Waals surface area contributed by atoms with Gasteiger partial charge in [-0.25, -0.2) is 9.69 Å². The Balaban J connectivity index is 1.54. The van der Waals surface area contributed by atoms with Gasteiger partial charge in [-0.15, -0.1) is 6.58 Å². The highest BCUT2D eigenvalue weighted by atomic mass is 16.6. The van der Waals surface area contributed by atoms with Crippen LogP contribution in [0.3, 0.4) is 0 Å². The number of carbonyl (C=O) groups excluding carboxylic acids is 3. The first-order chi connectivity index (χ1) is 17.4. The van der Waals surface area contributed by atoms with Crippen LogP contribution in [-0.2, 0) is 16.0 Å². The highest BCUT2D eigenvalue weighted by Gasteiger charge is 2.68. The number of hydrogen-bond acceptors (Lipinski definition) is 6. The van der Waals surface area contributed by atoms with E-state index in [0.29, 0.717) is 30.4 Å². The molecule has 1 heterocycles. The van der Waals surface area contributed by atoms with Crippen LogP contribution in [0.5, 0.6) is 5.75 Å². The van der Waals surface area contributed by atoms with Crippen LogP contribution in [-0.4, -0.2) is 51.6 Å². The van der Waals surface area contributed by atoms with Crippen molar-refractivity contribution in [2.24, 2.45) is 34.0 Å². The molecule has 0 aromatic heterocycles. The molecule has 1 aromatic rings. The van der Waals surface area contributed by atoms with Crippen LogP contribution in [0.4, 0.5) is 4.79 Å². The Morgan fingerprint density at radius 2 is 1.92 bits per heavy atom. The predicted octanol–water partition coefficient (Wildman–Crippen LogP) is 4.89. The van der Waals surface area contributed by atoms with E-state index >= 15 is 0 Å². The third-order valence-corrected chi connectivity index (χ3v) is 10.9. The number of nitrogens with zero attached hydrogens (tertiary/aromatic N) is 1. The van der Waals surface area contributed by atoms with E-state index in [-0.39, 0.29) is 41.2 Å². The average Bonchev–Trinajstić information content (AvgIpc) is 3.22. The van der Waals surface area contributed by atoms with Crippen LogP contribution in [0, 0.1) is 34.0 Å². The molecule has 7 heteroatoms. The summed E-state index contributed by atoms with van der Waals surface area (Å²) in [6.07, 6.45) is 3.32. The second-order valence-corrected chi connectivity index (χ2v) is 12.5. The monoisotopic (exact) mass is 509 g/mol. The van der Waals surface area contributed by atoms with Crippen molar-refractivity contribution in [1.82, 2.24) is 4.90 Å². The number of ketones is 1. The Morgan fingerprint density at radius 3 is 2.62 bits per heavy atom. The molecule has 1 aliphatic heterocycles. The number of phenols is 1. The number of rotatable bonds is 2. The summed E-state index contributed by atoms with van der Waals surface area (Å²) >= 11 is 0. The van der Waals surface area contributed by atoms with E-state index in [1.165, 1.54) is 12.1 Å². The fraction of sp³-hybridized carbons (Fsp3) is 0.633. The van der Waals surface area contributed by atoms with Crippen LogP contribution in [0.2, 0.25) is 0 Å². The smallest absolute Gasteiger partial charge is 0.417 e. The van der Waals surface area contributed by atoms with Crippen LogP contribution in [0.25, 0.3) is 0 Å². The maximum atomic E-state index is 13.6. The number of ether oxygens (including phenoxy) is 1. The van der Waals surface area contributed by atoms with E-state index in [1.807, 2.05) is 6.92 Å². The summed E-state index contributed by atoms with van der Waals surface area (Å²) in [7, 11) is 0. The molecule has 2 amide bonds. The number of aliphatic hydroxyl groups is 1. The van der Waals surface area contributed by atoms with Crippen molar-refractivity contribution < 1.29 is 29.3 Å². The maximum absolute atomic E-state index is 13.6. The molecule has 0 saturated heterocycles. The Labute approximate surface area is 218 Å². The van der Waals surface area contributed by atoms with Crippen molar-refractivity contribution >= 4 is 17.8 Å². The summed E-state index contributed by atoms with van der Waals surface area (Å²) in [5.74, 6) is -0.488. The molecule has 5 rings (SSSR count). The van der Waals surface area contributed by atoms with Gasteiger partial charge in [0.25, 0.3) is 5.91 Å². The summed E-state index contributed by atoms with van der Waals surface area (Å²) in [6.45, 7) is 12.4. The molecule has 3 saturated carbocycles. The second-order valence-electron chi connectivity index (χ2n) is 12.5. The lowest BCUT2D eigenvalue weighted by Gasteiger charge is -2.61. The molecule has 3 aliphatic carbocycles. The molecule has 7 nitrogen and oxygen atoms in total. The van der Waals surface area contributed by atoms with Crippen molar-refractivity contribution in [2.45, 2.75) is 78.4 Å². The van der Waals surface area contributed by atoms with Gasteiger partial charge in [0, 0.05) is 35.3 Å². The van der Waals surface area contributed by atoms with Gasteiger partial charge < -0.3 is 14.9 Å². The highest BCUT2D eigenvalue weighted by Crippen LogP contribution is 2.68. The maximum Gasteiger partial charge on any atom is 0.417 e. The zero-order valence-electron chi connectivity index (χ0n) is 22.3. The van der Waals surface area contributed by atoms with E-state index in [1.54, 1.807) is 12.1 Å². The number of aliphatic hydroxyl groups excluding tert-OH is 1. The van der Waals surface area contributed by atoms with Crippen LogP contribution < -0.4 is 0 Å². The van der Waals surface area contributed by atoms with Gasteiger partial charge in [0.2, 0.25) is 0 Å². The molecule has 4 aliphatic rings. The second kappa shape index (κ2) is 8.69. The first kappa shape index (κ1) is 26.0. The lowest BCUT2D eigenvalue weighted by molar-refractivity contribution is -0.192. The molecule has 37 heavy (non-hydrogen) atoms. The average molecular weight is 510 g/mol. The molecular formula is C30H39NO6. The van der Waals surface area contributed by atoms with E-state index in [2.05, 4.69) is 27.4 Å². The van der Waals surface area contributed by atoms with Gasteiger partial charge in [-0.05, 0) is 73.1 Å². The van der Waals surface area contributed by atoms with E-state index in [0.717, 1.165) is 24.2 Å². The number of hydrogen-bond donors (Lipinski definition) is 2. The van der Waals surface area contributed by atoms with Crippen molar-refractivity contribution in [3.8, 4) is 5.75 Å². The van der Waals surface area contributed by atoms with E-state index in [4.69, 9.17) is 4.74 Å². The van der Waals surface area contributed by atoms with E-state index in [9.17, 15) is 24.6 Å². The molecule has 2 N–H and O–H groups in total. The van der Waals surface area contributed by atoms with Crippen LogP contribution in [0.1, 0.15) is 75.7 Å². The van der Waals surface area contributed by atoms with Crippen LogP contribution >= 0.6 is 0 Å². The zero-order valence-corrected chi connectivity index (χ0v) is 22.3. The number of aromatic hydroxyl groups is 1. The number of phenolic OH excluding ortho intramolecular Hbond substituents is 1. The first-order valence-corrected chi connectivity index (χ1v) is 13.6. The van der Waals surface area contributed by atoms with Gasteiger partial charge in [-0.3, -0.25) is 9.59 Å². The lowest BCUT2D eigenvalue weighted by Crippen LogP contribution is -2.63. The SMILES string of the molecule is C=C[C@]1(C)C[C@@H](OC(=O)N2CCc3cc(O)ccc3C2=O)[C@@]2(C)C3C(=O)CC[C@@]3(CC[C@H]2C)[C@@H](C)[C@@H]1O. The molecule has 0 spiro atoms. The highest BCUT2D eigenvalue weighted by molar-refractivity contribution is 6.05. The fourth-order valence-electron chi connectivity index (χ4n) is 8.34. The third-order valence-electron chi connectivity index (χ3n) is 10.9. The fourth-order valence-corrected chi connectivity index (χ4v) is 8.34. The summed E-state index contributed by atoms with van der Waals surface area (Å²) in [4.78, 5) is 41.5. The van der Waals surface area contributed by atoms with Crippen molar-refractivity contribution in [2.75, 3.05) is 6.54 Å². The number of amides is 2. The molecule has 8 atom stereocenters. The Bertz CT molecular complexity index is 1160. The molecule has 1 unspecified atom stereocenters. The van der Waals surface area contributed by atoms with Crippen LogP contribution in [0.15, 0.2) is 30.9 Å². The molecule has 1 aromatic carbocycles. The predicted molar refractivity (Wildman–Crippen MR) is 138 cm³/mol. The summed E-state index contributed by atoms with van der Waals surface area (Å²) < 4.78 is 6.27. The van der Waals surface area contributed by atoms with E-state index < -0.39 is 35.0 Å². The van der Waals surface area contributed by atoms with Crippen molar-refractivity contribution in [3.63, 3.8) is 0 Å². The van der Waals surface area contributed by atoms with Gasteiger partial charge in [0.05, 0.1) is 6.10 Å². The topological polar surface area (TPSA) is 104 Å². The zero-order chi connectivity index (χ0) is 26.9. The van der Waals surface area contributed by atoms with Crippen molar-refractivity contribution in [1.29, 1.82) is 0 Å². The van der Waals surface area contributed by atoms with Gasteiger partial charge in [0.15, 0.2) is 0 Å². The number of Topliss-reactive ketones (excluding diaryl/α,β-unsaturated/α-hetero) is 1. The molecular weight excluding hydrogens is 470 g/mol. The Kier molecular flexibility index (Phi) is 6.09. The normalized spacial score (nSPS) is 41.3. The minimum atomic E-state index is -0.742. The van der Waals surface area contributed by atoms with Gasteiger partial charge in [-0.1, -0.05) is 33.8 Å². The largest absolute Gasteiger partial charge is 0.508 e. The summed E-state index contributed by atoms with van der Waals surface area (Å²) in [5.41, 5.74) is -0.647. The standard InChI is InChI=1S/C30H39NO6/c1-6-28(4)16-23(37-27(36)31-14-11-19-15-20(32)7-8-21(19)26(31)35)29(5)17(2)9-12-30(18(3)25(28)34)13-10-22(33)24(29)30/h6-8,15,17-18,23-25,32,34H,1,9-14,16H2,2-5H3/t17-,18+,23-,24?,25+,28-,29+,30+/m1/s1. The lowest BCUT2D eigenvalue weighted by atomic mass is 9.44. The van der Waals surface area contributed by atoms with Gasteiger partial charge in [0.1, 0.15) is 17.6 Å². The summed E-state index contributed by atoms with van der Waals surface area (Å²) in [6, 6.07) is 4.53. The quantitative estimate of drug-likeness (QED) is 0.550. The minimum Gasteiger partial charge on any atom is -0.508 e. The van der Waals surface area contributed by atoms with Crippen molar-refractivity contribution in [3.05, 3.63) is 42.0 Å². The number of fused-ring (bicyclic) bond motifs is 1. The third kappa shape index (κ3) is 3.60. The molecule has 200 valence electrons. The van der Waals surface area contributed by atoms with Gasteiger partial charge in [-0.2, -0.15) is 0 Å². The Morgan fingerprint density at radius 1 is 1.19 bits per heavy atom. The first-order valence-electron chi connectivity index (χ1n) is 13.6. The number of benzene rings is 1. The minimum absolute atomic E-state index is 0.0810. The molecule has 0 radical (unpaired) electrons. The number of imide groups is 1. The Hall–Kier alpha value is -2.67. The molecule has 2 bridgehead atoms. The summed E-state index contributed by atoms with van der Waals surface area (Å²) in [5, 5.41) is 21.4.